The highest BCUT2D eigenvalue weighted by Crippen LogP contribution is 2.51. The van der Waals surface area contributed by atoms with Crippen LogP contribution in [-0.2, 0) is 4.74 Å². The van der Waals surface area contributed by atoms with Crippen LogP contribution in [0.3, 0.4) is 0 Å². The summed E-state index contributed by atoms with van der Waals surface area (Å²) in [6.45, 7) is 0. The Labute approximate surface area is 186 Å². The molecule has 4 nitrogen and oxygen atoms in total. The van der Waals surface area contributed by atoms with Crippen molar-refractivity contribution in [2.24, 2.45) is 0 Å². The van der Waals surface area contributed by atoms with E-state index in [0.29, 0.717) is 33.6 Å². The van der Waals surface area contributed by atoms with Gasteiger partial charge in [-0.05, 0) is 17.7 Å². The predicted octanol–water partition coefficient (Wildman–Crippen LogP) is 5.50. The first-order valence-corrected chi connectivity index (χ1v) is 10.6. The molecule has 0 radical (unpaired) electrons. The molecule has 3 aromatic carbocycles. The summed E-state index contributed by atoms with van der Waals surface area (Å²) in [6, 6.07) is 21.4. The molecule has 1 aliphatic heterocycles. The summed E-state index contributed by atoms with van der Waals surface area (Å²) in [5.41, 5.74) is 3.22. The van der Waals surface area contributed by atoms with Crippen LogP contribution in [0, 0.1) is 0 Å². The summed E-state index contributed by atoms with van der Waals surface area (Å²) >= 11 is 3.44. The third-order valence-electron chi connectivity index (χ3n) is 6.00. The van der Waals surface area contributed by atoms with Crippen molar-refractivity contribution in [2.45, 2.75) is 5.92 Å². The lowest BCUT2D eigenvalue weighted by Gasteiger charge is -2.32. The second kappa shape index (κ2) is 6.46. The van der Waals surface area contributed by atoms with Crippen molar-refractivity contribution in [3.63, 3.8) is 0 Å². The van der Waals surface area contributed by atoms with E-state index in [2.05, 4.69) is 15.9 Å². The van der Waals surface area contributed by atoms with Gasteiger partial charge in [-0.25, -0.2) is 0 Å². The molecule has 1 unspecified atom stereocenters. The fourth-order valence-electron chi connectivity index (χ4n) is 4.61. The van der Waals surface area contributed by atoms with Gasteiger partial charge in [0.1, 0.15) is 5.76 Å². The van der Waals surface area contributed by atoms with E-state index in [1.54, 1.807) is 36.4 Å². The summed E-state index contributed by atoms with van der Waals surface area (Å²) in [5.74, 6) is -1.10. The number of fused-ring (bicyclic) bond motifs is 3. The van der Waals surface area contributed by atoms with E-state index in [4.69, 9.17) is 4.74 Å². The normalized spacial score (nSPS) is 19.0. The lowest BCUT2D eigenvalue weighted by molar-refractivity contribution is 0.0913. The van der Waals surface area contributed by atoms with E-state index in [-0.39, 0.29) is 28.7 Å². The predicted molar refractivity (Wildman–Crippen MR) is 118 cm³/mol. The SMILES string of the molecule is O=C1C2=C(C(=O)c3ccccc31)C(c1ccc(Br)cc1)C1=C(O2)c2ccccc2C1=O. The van der Waals surface area contributed by atoms with Crippen LogP contribution in [0.15, 0.2) is 94.2 Å². The Hall–Kier alpha value is -3.57. The van der Waals surface area contributed by atoms with E-state index in [1.165, 1.54) is 0 Å². The topological polar surface area (TPSA) is 60.4 Å². The van der Waals surface area contributed by atoms with Crippen LogP contribution in [-0.4, -0.2) is 17.3 Å². The highest BCUT2D eigenvalue weighted by molar-refractivity contribution is 9.10. The van der Waals surface area contributed by atoms with Crippen molar-refractivity contribution in [2.75, 3.05) is 0 Å². The minimum Gasteiger partial charge on any atom is -0.452 e. The van der Waals surface area contributed by atoms with Gasteiger partial charge in [-0.2, -0.15) is 0 Å². The first-order chi connectivity index (χ1) is 15.1. The van der Waals surface area contributed by atoms with Gasteiger partial charge >= 0.3 is 0 Å². The van der Waals surface area contributed by atoms with Crippen molar-refractivity contribution in [3.8, 4) is 0 Å². The van der Waals surface area contributed by atoms with Gasteiger partial charge in [0.05, 0.1) is 11.1 Å². The molecule has 3 aromatic rings. The Morgan fingerprint density at radius 2 is 1.06 bits per heavy atom. The molecule has 0 spiro atoms. The molecule has 0 fully saturated rings. The number of ketones is 3. The minimum absolute atomic E-state index is 0.0138. The Balaban J connectivity index is 1.64. The zero-order valence-corrected chi connectivity index (χ0v) is 17.6. The van der Waals surface area contributed by atoms with Gasteiger partial charge in [-0.3, -0.25) is 14.4 Å². The molecule has 0 saturated carbocycles. The molecule has 2 aliphatic carbocycles. The van der Waals surface area contributed by atoms with Crippen molar-refractivity contribution in [1.29, 1.82) is 0 Å². The number of hydrogen-bond donors (Lipinski definition) is 0. The van der Waals surface area contributed by atoms with Crippen LogP contribution < -0.4 is 0 Å². The molecule has 0 amide bonds. The van der Waals surface area contributed by atoms with E-state index >= 15 is 0 Å². The number of hydrogen-bond acceptors (Lipinski definition) is 4. The van der Waals surface area contributed by atoms with Crippen LogP contribution in [0.25, 0.3) is 5.76 Å². The fraction of sp³-hybridized carbons (Fsp3) is 0.0385. The molecular weight excluding hydrogens is 456 g/mol. The molecule has 6 rings (SSSR count). The van der Waals surface area contributed by atoms with Gasteiger partial charge in [0.15, 0.2) is 17.3 Å². The smallest absolute Gasteiger partial charge is 0.229 e. The van der Waals surface area contributed by atoms with Gasteiger partial charge in [0, 0.05) is 32.6 Å². The summed E-state index contributed by atoms with van der Waals surface area (Å²) in [5, 5.41) is 0. The van der Waals surface area contributed by atoms with Crippen LogP contribution in [0.5, 0.6) is 0 Å². The highest BCUT2D eigenvalue weighted by Gasteiger charge is 2.48. The van der Waals surface area contributed by atoms with E-state index in [0.717, 1.165) is 10.0 Å². The fourth-order valence-corrected chi connectivity index (χ4v) is 4.88. The maximum absolute atomic E-state index is 13.6. The standard InChI is InChI=1S/C26H13BrO4/c27-14-11-9-13(10-12-14)19-20-23(29)17-7-3-4-8-18(17)25(20)31-26-21(19)22(28)15-5-1-2-6-16(15)24(26)30/h1-12,19H. The Bertz CT molecular complexity index is 1410. The first kappa shape index (κ1) is 18.2. The minimum atomic E-state index is -0.684. The molecule has 1 atom stereocenters. The second-order valence-corrected chi connectivity index (χ2v) is 8.57. The van der Waals surface area contributed by atoms with E-state index < -0.39 is 5.92 Å². The van der Waals surface area contributed by atoms with Crippen molar-refractivity contribution in [1.82, 2.24) is 0 Å². The molecule has 0 N–H and O–H groups in total. The summed E-state index contributed by atoms with van der Waals surface area (Å²) < 4.78 is 6.96. The van der Waals surface area contributed by atoms with Gasteiger partial charge in [0.25, 0.3) is 0 Å². The van der Waals surface area contributed by atoms with Gasteiger partial charge < -0.3 is 4.74 Å². The Morgan fingerprint density at radius 1 is 0.581 bits per heavy atom. The molecule has 3 aliphatic rings. The largest absolute Gasteiger partial charge is 0.452 e. The zero-order valence-electron chi connectivity index (χ0n) is 16.0. The summed E-state index contributed by atoms with van der Waals surface area (Å²) in [4.78, 5) is 40.4. The number of Topliss-reactive ketones (excluding diaryl/α,β-unsaturated/α-hetero) is 3. The lowest BCUT2D eigenvalue weighted by atomic mass is 9.74. The lowest BCUT2D eigenvalue weighted by Crippen LogP contribution is -2.31. The summed E-state index contributed by atoms with van der Waals surface area (Å²) in [7, 11) is 0. The highest BCUT2D eigenvalue weighted by atomic mass is 79.9. The van der Waals surface area contributed by atoms with Gasteiger partial charge in [0.2, 0.25) is 5.78 Å². The van der Waals surface area contributed by atoms with Crippen LogP contribution >= 0.6 is 15.9 Å². The van der Waals surface area contributed by atoms with E-state index in [9.17, 15) is 14.4 Å². The molecule has 0 bridgehead atoms. The average molecular weight is 469 g/mol. The Morgan fingerprint density at radius 3 is 1.68 bits per heavy atom. The number of ether oxygens (including phenoxy) is 1. The van der Waals surface area contributed by atoms with Crippen molar-refractivity contribution >= 4 is 39.0 Å². The van der Waals surface area contributed by atoms with Crippen LogP contribution in [0.2, 0.25) is 0 Å². The molecule has 148 valence electrons. The first-order valence-electron chi connectivity index (χ1n) is 9.80. The third-order valence-corrected chi connectivity index (χ3v) is 6.53. The maximum atomic E-state index is 13.6. The van der Waals surface area contributed by atoms with Gasteiger partial charge in [-0.1, -0.05) is 76.6 Å². The maximum Gasteiger partial charge on any atom is 0.229 e. The number of rotatable bonds is 1. The van der Waals surface area contributed by atoms with Crippen LogP contribution in [0.1, 0.15) is 48.1 Å². The third kappa shape index (κ3) is 2.44. The summed E-state index contributed by atoms with van der Waals surface area (Å²) in [6.07, 6.45) is 0. The molecular formula is C26H13BrO4. The number of carbonyl (C=O) groups excluding carboxylic acids is 3. The van der Waals surface area contributed by atoms with Gasteiger partial charge in [-0.15, -0.1) is 0 Å². The number of halogens is 1. The van der Waals surface area contributed by atoms with Crippen LogP contribution in [0.4, 0.5) is 0 Å². The zero-order chi connectivity index (χ0) is 21.3. The van der Waals surface area contributed by atoms with Crippen molar-refractivity contribution < 1.29 is 19.1 Å². The molecule has 0 aromatic heterocycles. The molecule has 31 heavy (non-hydrogen) atoms. The monoisotopic (exact) mass is 468 g/mol. The Kier molecular flexibility index (Phi) is 3.80. The molecule has 5 heteroatoms. The number of benzene rings is 3. The number of carbonyl (C=O) groups is 3. The van der Waals surface area contributed by atoms with E-state index in [1.807, 2.05) is 36.4 Å². The number of allylic oxidation sites excluding steroid dienone is 3. The average Bonchev–Trinajstić information content (AvgIpc) is 3.09. The quantitative estimate of drug-likeness (QED) is 0.472. The molecule has 0 saturated heterocycles. The molecule has 1 heterocycles. The second-order valence-electron chi connectivity index (χ2n) is 7.65. The van der Waals surface area contributed by atoms with Crippen molar-refractivity contribution in [3.05, 3.63) is 122 Å².